The third-order valence-electron chi connectivity index (χ3n) is 2.88. The molecular weight excluding hydrogens is 338 g/mol. The summed E-state index contributed by atoms with van der Waals surface area (Å²) in [6.07, 6.45) is 0.612. The van der Waals surface area contributed by atoms with E-state index in [9.17, 15) is 0 Å². The van der Waals surface area contributed by atoms with E-state index in [1.165, 1.54) is 0 Å². The zero-order valence-corrected chi connectivity index (χ0v) is 14.1. The van der Waals surface area contributed by atoms with Gasteiger partial charge >= 0.3 is 0 Å². The van der Waals surface area contributed by atoms with E-state index < -0.39 is 0 Å². The van der Waals surface area contributed by atoms with Crippen molar-refractivity contribution in [1.82, 2.24) is 9.97 Å². The van der Waals surface area contributed by atoms with Crippen LogP contribution >= 0.6 is 27.5 Å². The molecule has 106 valence electrons. The van der Waals surface area contributed by atoms with E-state index in [4.69, 9.17) is 17.3 Å². The van der Waals surface area contributed by atoms with Gasteiger partial charge in [0.1, 0.15) is 11.6 Å². The second-order valence-electron chi connectivity index (χ2n) is 5.74. The van der Waals surface area contributed by atoms with E-state index >= 15 is 0 Å². The first-order valence-electron chi connectivity index (χ1n) is 6.34. The van der Waals surface area contributed by atoms with Gasteiger partial charge in [-0.05, 0) is 33.6 Å². The molecule has 20 heavy (non-hydrogen) atoms. The Hall–Kier alpha value is -1.13. The molecular formula is C15H17BrClN3. The number of benzene rings is 1. The molecule has 2 N–H and O–H groups in total. The molecule has 1 aromatic carbocycles. The Balaban J connectivity index is 2.41. The van der Waals surface area contributed by atoms with Gasteiger partial charge in [-0.15, -0.1) is 0 Å². The lowest BCUT2D eigenvalue weighted by Gasteiger charge is -2.20. The third kappa shape index (κ3) is 3.49. The van der Waals surface area contributed by atoms with Crippen molar-refractivity contribution < 1.29 is 0 Å². The summed E-state index contributed by atoms with van der Waals surface area (Å²) < 4.78 is 0.778. The highest BCUT2D eigenvalue weighted by Crippen LogP contribution is 2.31. The zero-order valence-electron chi connectivity index (χ0n) is 11.7. The predicted molar refractivity (Wildman–Crippen MR) is 87.1 cm³/mol. The van der Waals surface area contributed by atoms with Crippen LogP contribution in [-0.4, -0.2) is 9.97 Å². The molecule has 0 saturated heterocycles. The van der Waals surface area contributed by atoms with Crippen LogP contribution in [0, 0.1) is 0 Å². The van der Waals surface area contributed by atoms with Crippen LogP contribution in [0.2, 0.25) is 5.02 Å². The molecule has 1 aromatic heterocycles. The van der Waals surface area contributed by atoms with E-state index in [-0.39, 0.29) is 5.41 Å². The summed E-state index contributed by atoms with van der Waals surface area (Å²) in [5.41, 5.74) is 7.87. The topological polar surface area (TPSA) is 51.8 Å². The lowest BCUT2D eigenvalue weighted by atomic mass is 9.92. The molecule has 0 saturated carbocycles. The summed E-state index contributed by atoms with van der Waals surface area (Å²) in [5.74, 6) is 1.18. The fourth-order valence-corrected chi connectivity index (χ4v) is 2.90. The van der Waals surface area contributed by atoms with Gasteiger partial charge in [0.05, 0.1) is 10.2 Å². The van der Waals surface area contributed by atoms with Crippen molar-refractivity contribution in [2.75, 3.05) is 5.73 Å². The summed E-state index contributed by atoms with van der Waals surface area (Å²) in [6, 6.07) is 7.69. The van der Waals surface area contributed by atoms with E-state index in [2.05, 4.69) is 46.7 Å². The van der Waals surface area contributed by atoms with Gasteiger partial charge in [-0.1, -0.05) is 44.5 Å². The maximum atomic E-state index is 6.00. The van der Waals surface area contributed by atoms with Crippen LogP contribution in [0.4, 0.5) is 5.82 Å². The van der Waals surface area contributed by atoms with Crippen molar-refractivity contribution in [2.24, 2.45) is 0 Å². The maximum absolute atomic E-state index is 6.00. The van der Waals surface area contributed by atoms with E-state index in [1.54, 1.807) is 0 Å². The van der Waals surface area contributed by atoms with E-state index in [0.29, 0.717) is 23.1 Å². The number of rotatable bonds is 2. The van der Waals surface area contributed by atoms with Crippen molar-refractivity contribution in [3.8, 4) is 0 Å². The Labute approximate surface area is 132 Å². The van der Waals surface area contributed by atoms with Crippen molar-refractivity contribution in [3.05, 3.63) is 50.8 Å². The molecule has 0 aliphatic carbocycles. The average Bonchev–Trinajstić information content (AvgIpc) is 2.32. The van der Waals surface area contributed by atoms with Gasteiger partial charge in [0.25, 0.3) is 0 Å². The molecule has 0 aliphatic heterocycles. The van der Waals surface area contributed by atoms with Gasteiger partial charge in [0, 0.05) is 16.9 Å². The van der Waals surface area contributed by atoms with Gasteiger partial charge < -0.3 is 5.73 Å². The molecule has 0 aliphatic rings. The molecule has 0 amide bonds. The molecule has 0 unspecified atom stereocenters. The van der Waals surface area contributed by atoms with Crippen molar-refractivity contribution in [2.45, 2.75) is 32.6 Å². The smallest absolute Gasteiger partial charge is 0.141 e. The second-order valence-corrected chi connectivity index (χ2v) is 6.97. The molecule has 2 rings (SSSR count). The van der Waals surface area contributed by atoms with Gasteiger partial charge in [-0.25, -0.2) is 9.97 Å². The fourth-order valence-electron chi connectivity index (χ4n) is 1.92. The third-order valence-corrected chi connectivity index (χ3v) is 3.90. The number of hydrogen-bond donors (Lipinski definition) is 1. The Morgan fingerprint density at radius 2 is 1.95 bits per heavy atom. The molecule has 1 heterocycles. The summed E-state index contributed by atoms with van der Waals surface area (Å²) >= 11 is 9.47. The lowest BCUT2D eigenvalue weighted by Crippen LogP contribution is -2.18. The highest BCUT2D eigenvalue weighted by Gasteiger charge is 2.22. The molecule has 0 fully saturated rings. The summed E-state index contributed by atoms with van der Waals surface area (Å²) in [5, 5.41) is 0.712. The minimum atomic E-state index is -0.0982. The van der Waals surface area contributed by atoms with Crippen LogP contribution in [-0.2, 0) is 11.8 Å². The number of nitrogens with two attached hydrogens (primary N) is 1. The predicted octanol–water partition coefficient (Wildman–Crippen LogP) is 4.36. The second kappa shape index (κ2) is 5.70. The average molecular weight is 355 g/mol. The molecule has 0 radical (unpaired) electrons. The first-order valence-corrected chi connectivity index (χ1v) is 7.51. The van der Waals surface area contributed by atoms with Crippen LogP contribution in [0.15, 0.2) is 28.7 Å². The maximum Gasteiger partial charge on any atom is 0.141 e. The molecule has 5 heteroatoms. The van der Waals surface area contributed by atoms with Crippen molar-refractivity contribution in [3.63, 3.8) is 0 Å². The molecule has 0 spiro atoms. The Morgan fingerprint density at radius 3 is 2.55 bits per heavy atom. The monoisotopic (exact) mass is 353 g/mol. The molecule has 2 aromatic rings. The summed E-state index contributed by atoms with van der Waals surface area (Å²) in [6.45, 7) is 6.30. The largest absolute Gasteiger partial charge is 0.383 e. The number of nitrogen functional groups attached to an aromatic ring is 1. The van der Waals surface area contributed by atoms with Crippen LogP contribution in [0.5, 0.6) is 0 Å². The highest BCUT2D eigenvalue weighted by molar-refractivity contribution is 9.10. The minimum Gasteiger partial charge on any atom is -0.383 e. The Kier molecular flexibility index (Phi) is 4.35. The number of hydrogen-bond acceptors (Lipinski definition) is 3. The first-order chi connectivity index (χ1) is 9.27. The SMILES string of the molecule is CC(C)(C)c1nc(Cc2cccc(Cl)c2)nc(N)c1Br. The minimum absolute atomic E-state index is 0.0982. The quantitative estimate of drug-likeness (QED) is 0.871. The Bertz CT molecular complexity index is 636. The standard InChI is InChI=1S/C15H17BrClN3/c1-15(2,3)13-12(16)14(18)20-11(19-13)8-9-5-4-6-10(17)7-9/h4-7H,8H2,1-3H3,(H2,18,19,20). The number of halogens is 2. The van der Waals surface area contributed by atoms with Crippen LogP contribution in [0.25, 0.3) is 0 Å². The zero-order chi connectivity index (χ0) is 14.9. The summed E-state index contributed by atoms with van der Waals surface area (Å²) in [4.78, 5) is 9.00. The van der Waals surface area contributed by atoms with Crippen molar-refractivity contribution in [1.29, 1.82) is 0 Å². The number of anilines is 1. The normalized spacial score (nSPS) is 11.7. The Morgan fingerprint density at radius 1 is 1.25 bits per heavy atom. The molecule has 3 nitrogen and oxygen atoms in total. The first kappa shape index (κ1) is 15.3. The van der Waals surface area contributed by atoms with Crippen molar-refractivity contribution >= 4 is 33.3 Å². The van der Waals surface area contributed by atoms with E-state index in [1.807, 2.05) is 24.3 Å². The number of aromatic nitrogens is 2. The highest BCUT2D eigenvalue weighted by atomic mass is 79.9. The molecule has 0 bridgehead atoms. The van der Waals surface area contributed by atoms with Gasteiger partial charge in [-0.3, -0.25) is 0 Å². The number of nitrogens with zero attached hydrogens (tertiary/aromatic N) is 2. The van der Waals surface area contributed by atoms with Crippen LogP contribution in [0.3, 0.4) is 0 Å². The van der Waals surface area contributed by atoms with Crippen LogP contribution in [0.1, 0.15) is 37.9 Å². The lowest BCUT2D eigenvalue weighted by molar-refractivity contribution is 0.560. The van der Waals surface area contributed by atoms with Gasteiger partial charge in [0.2, 0.25) is 0 Å². The van der Waals surface area contributed by atoms with Gasteiger partial charge in [0.15, 0.2) is 0 Å². The van der Waals surface area contributed by atoms with Gasteiger partial charge in [-0.2, -0.15) is 0 Å². The van der Waals surface area contributed by atoms with Crippen LogP contribution < -0.4 is 5.73 Å². The molecule has 0 atom stereocenters. The van der Waals surface area contributed by atoms with E-state index in [0.717, 1.165) is 15.7 Å². The summed E-state index contributed by atoms with van der Waals surface area (Å²) in [7, 11) is 0. The fraction of sp³-hybridized carbons (Fsp3) is 0.333.